The molecule has 2 N–H and O–H groups in total. The zero-order chi connectivity index (χ0) is 15.2. The van der Waals surface area contributed by atoms with Crippen LogP contribution in [0.4, 0.5) is 5.69 Å². The van der Waals surface area contributed by atoms with Crippen LogP contribution in [0.1, 0.15) is 10.4 Å². The van der Waals surface area contributed by atoms with Crippen molar-refractivity contribution in [1.82, 2.24) is 5.32 Å². The number of rotatable bonds is 3. The van der Waals surface area contributed by atoms with Crippen molar-refractivity contribution in [2.75, 3.05) is 5.32 Å². The summed E-state index contributed by atoms with van der Waals surface area (Å²) in [4.78, 5) is 12.8. The Morgan fingerprint density at radius 3 is 2.86 bits per heavy atom. The SMILES string of the molecule is Cc1c(Cl)cccc1NC(=S)NC(=O)C=Cc1cccs1. The number of thiophene rings is 1. The minimum absolute atomic E-state index is 0.237. The summed E-state index contributed by atoms with van der Waals surface area (Å²) in [6, 6.07) is 9.32. The molecular formula is C15H13ClN2OS2. The van der Waals surface area contributed by atoms with E-state index in [9.17, 15) is 4.79 Å². The Morgan fingerprint density at radius 1 is 1.33 bits per heavy atom. The Kier molecular flexibility index (Phi) is 5.50. The maximum Gasteiger partial charge on any atom is 0.250 e. The molecule has 0 aliphatic heterocycles. The highest BCUT2D eigenvalue weighted by Crippen LogP contribution is 2.22. The minimum atomic E-state index is -0.277. The van der Waals surface area contributed by atoms with E-state index in [2.05, 4.69) is 10.6 Å². The monoisotopic (exact) mass is 336 g/mol. The highest BCUT2D eigenvalue weighted by atomic mass is 35.5. The van der Waals surface area contributed by atoms with Gasteiger partial charge in [0.2, 0.25) is 5.91 Å². The molecule has 0 saturated carbocycles. The van der Waals surface area contributed by atoms with Crippen LogP contribution in [0.25, 0.3) is 6.08 Å². The van der Waals surface area contributed by atoms with Gasteiger partial charge in [0.1, 0.15) is 0 Å². The number of nitrogens with one attached hydrogen (secondary N) is 2. The molecule has 3 nitrogen and oxygen atoms in total. The molecule has 0 saturated heterocycles. The third-order valence-corrected chi connectivity index (χ3v) is 4.15. The van der Waals surface area contributed by atoms with Crippen LogP contribution in [0.3, 0.4) is 0 Å². The maximum atomic E-state index is 11.7. The van der Waals surface area contributed by atoms with Gasteiger partial charge in [0.15, 0.2) is 5.11 Å². The van der Waals surface area contributed by atoms with E-state index in [-0.39, 0.29) is 11.0 Å². The molecule has 0 atom stereocenters. The van der Waals surface area contributed by atoms with Crippen LogP contribution < -0.4 is 10.6 Å². The largest absolute Gasteiger partial charge is 0.332 e. The summed E-state index contributed by atoms with van der Waals surface area (Å²) in [6.07, 6.45) is 3.19. The molecule has 0 unspecified atom stereocenters. The van der Waals surface area contributed by atoms with E-state index < -0.39 is 0 Å². The third kappa shape index (κ3) is 4.67. The first-order valence-corrected chi connectivity index (χ1v) is 7.81. The van der Waals surface area contributed by atoms with Gasteiger partial charge in [-0.1, -0.05) is 23.7 Å². The van der Waals surface area contributed by atoms with Crippen LogP contribution in [0.2, 0.25) is 5.02 Å². The lowest BCUT2D eigenvalue weighted by Gasteiger charge is -2.11. The normalized spacial score (nSPS) is 10.6. The summed E-state index contributed by atoms with van der Waals surface area (Å²) in [6.45, 7) is 1.88. The fourth-order valence-corrected chi connectivity index (χ4v) is 2.60. The first-order chi connectivity index (χ1) is 10.1. The lowest BCUT2D eigenvalue weighted by Crippen LogP contribution is -2.33. The first kappa shape index (κ1) is 15.7. The Balaban J connectivity index is 1.92. The molecule has 1 aromatic carbocycles. The van der Waals surface area contributed by atoms with E-state index in [1.54, 1.807) is 23.5 Å². The lowest BCUT2D eigenvalue weighted by atomic mass is 10.2. The van der Waals surface area contributed by atoms with Crippen LogP contribution in [-0.4, -0.2) is 11.0 Å². The lowest BCUT2D eigenvalue weighted by molar-refractivity contribution is -0.115. The van der Waals surface area contributed by atoms with Crippen molar-refractivity contribution in [2.24, 2.45) is 0 Å². The number of carbonyl (C=O) groups is 1. The molecule has 2 rings (SSSR count). The van der Waals surface area contributed by atoms with Gasteiger partial charge < -0.3 is 5.32 Å². The predicted molar refractivity (Wildman–Crippen MR) is 93.9 cm³/mol. The summed E-state index contributed by atoms with van der Waals surface area (Å²) in [5.74, 6) is -0.277. The van der Waals surface area contributed by atoms with Crippen LogP contribution in [-0.2, 0) is 4.79 Å². The molecule has 108 valence electrons. The highest BCUT2D eigenvalue weighted by Gasteiger charge is 2.05. The number of carbonyl (C=O) groups excluding carboxylic acids is 1. The molecule has 6 heteroatoms. The molecule has 0 fully saturated rings. The van der Waals surface area contributed by atoms with Crippen molar-refractivity contribution in [2.45, 2.75) is 6.92 Å². The molecule has 21 heavy (non-hydrogen) atoms. The summed E-state index contributed by atoms with van der Waals surface area (Å²) in [7, 11) is 0. The molecule has 0 radical (unpaired) electrons. The number of amides is 1. The van der Waals surface area contributed by atoms with E-state index in [0.29, 0.717) is 5.02 Å². The Labute approximate surface area is 137 Å². The van der Waals surface area contributed by atoms with Crippen LogP contribution in [0.15, 0.2) is 41.8 Å². The number of thiocarbonyl (C=S) groups is 1. The minimum Gasteiger partial charge on any atom is -0.332 e. The molecule has 0 spiro atoms. The van der Waals surface area contributed by atoms with Crippen LogP contribution in [0, 0.1) is 6.92 Å². The van der Waals surface area contributed by atoms with Gasteiger partial charge in [0, 0.05) is 21.7 Å². The Bertz CT molecular complexity index is 681. The molecule has 0 aliphatic carbocycles. The van der Waals surface area contributed by atoms with Gasteiger partial charge in [-0.15, -0.1) is 11.3 Å². The second-order valence-corrected chi connectivity index (χ2v) is 6.00. The van der Waals surface area contributed by atoms with E-state index in [1.807, 2.05) is 36.6 Å². The maximum absolute atomic E-state index is 11.7. The zero-order valence-corrected chi connectivity index (χ0v) is 13.6. The number of anilines is 1. The quantitative estimate of drug-likeness (QED) is 0.650. The van der Waals surface area contributed by atoms with Gasteiger partial charge in [-0.3, -0.25) is 10.1 Å². The van der Waals surface area contributed by atoms with Gasteiger partial charge >= 0.3 is 0 Å². The first-order valence-electron chi connectivity index (χ1n) is 6.15. The molecule has 1 aromatic heterocycles. The molecule has 2 aromatic rings. The average molecular weight is 337 g/mol. The van der Waals surface area contributed by atoms with Gasteiger partial charge in [0.05, 0.1) is 0 Å². The second kappa shape index (κ2) is 7.36. The van der Waals surface area contributed by atoms with Crippen molar-refractivity contribution in [3.8, 4) is 0 Å². The number of hydrogen-bond donors (Lipinski definition) is 2. The zero-order valence-electron chi connectivity index (χ0n) is 11.2. The summed E-state index contributed by atoms with van der Waals surface area (Å²) in [5.41, 5.74) is 1.65. The number of hydrogen-bond acceptors (Lipinski definition) is 3. The smallest absolute Gasteiger partial charge is 0.250 e. The standard InChI is InChI=1S/C15H13ClN2OS2/c1-10-12(16)5-2-6-13(10)17-15(20)18-14(19)8-7-11-4-3-9-21-11/h2-9H,1H3,(H2,17,18,19,20). The highest BCUT2D eigenvalue weighted by molar-refractivity contribution is 7.80. The summed E-state index contributed by atoms with van der Waals surface area (Å²) >= 11 is 12.7. The topological polar surface area (TPSA) is 41.1 Å². The number of halogens is 1. The Morgan fingerprint density at radius 2 is 2.14 bits per heavy atom. The molecule has 0 bridgehead atoms. The summed E-state index contributed by atoms with van der Waals surface area (Å²) in [5, 5.41) is 8.38. The molecular weight excluding hydrogens is 324 g/mol. The van der Waals surface area contributed by atoms with Gasteiger partial charge in [-0.05, 0) is 54.4 Å². The molecule has 0 aliphatic rings. The van der Waals surface area contributed by atoms with Crippen molar-refractivity contribution in [1.29, 1.82) is 0 Å². The third-order valence-electron chi connectivity index (χ3n) is 2.69. The van der Waals surface area contributed by atoms with Gasteiger partial charge in [0.25, 0.3) is 0 Å². The van der Waals surface area contributed by atoms with Crippen molar-refractivity contribution in [3.63, 3.8) is 0 Å². The average Bonchev–Trinajstić information content (AvgIpc) is 2.95. The van der Waals surface area contributed by atoms with E-state index in [0.717, 1.165) is 16.1 Å². The van der Waals surface area contributed by atoms with Crippen molar-refractivity contribution in [3.05, 3.63) is 57.3 Å². The predicted octanol–water partition coefficient (Wildman–Crippen LogP) is 4.24. The van der Waals surface area contributed by atoms with Crippen molar-refractivity contribution < 1.29 is 4.79 Å². The van der Waals surface area contributed by atoms with Gasteiger partial charge in [-0.25, -0.2) is 0 Å². The fourth-order valence-electron chi connectivity index (χ4n) is 1.59. The van der Waals surface area contributed by atoms with E-state index in [1.165, 1.54) is 6.08 Å². The molecule has 1 amide bonds. The van der Waals surface area contributed by atoms with Crippen LogP contribution in [0.5, 0.6) is 0 Å². The Hall–Kier alpha value is -1.69. The summed E-state index contributed by atoms with van der Waals surface area (Å²) < 4.78 is 0. The van der Waals surface area contributed by atoms with Crippen molar-refractivity contribution >= 4 is 57.9 Å². The van der Waals surface area contributed by atoms with Gasteiger partial charge in [-0.2, -0.15) is 0 Å². The van der Waals surface area contributed by atoms with Crippen LogP contribution >= 0.6 is 35.2 Å². The second-order valence-electron chi connectivity index (χ2n) is 4.20. The number of benzene rings is 1. The molecule has 1 heterocycles. The fraction of sp³-hybridized carbons (Fsp3) is 0.0667. The van der Waals surface area contributed by atoms with E-state index in [4.69, 9.17) is 23.8 Å². The van der Waals surface area contributed by atoms with E-state index >= 15 is 0 Å².